The molecule has 1 aliphatic heterocycles. The van der Waals surface area contributed by atoms with E-state index in [0.717, 1.165) is 30.0 Å². The number of nitrogens with zero attached hydrogens (tertiary/aromatic N) is 3. The van der Waals surface area contributed by atoms with Crippen LogP contribution in [-0.2, 0) is 7.05 Å². The summed E-state index contributed by atoms with van der Waals surface area (Å²) in [5, 5.41) is 7.26. The second kappa shape index (κ2) is 7.02. The van der Waals surface area contributed by atoms with Crippen molar-refractivity contribution in [3.8, 4) is 0 Å². The van der Waals surface area contributed by atoms with Gasteiger partial charge >= 0.3 is 0 Å². The molecule has 2 aromatic carbocycles. The summed E-state index contributed by atoms with van der Waals surface area (Å²) in [4.78, 5) is 16.7. The fraction of sp³-hybridized carbons (Fsp3) is 0.381. The van der Waals surface area contributed by atoms with Crippen molar-refractivity contribution in [2.45, 2.75) is 19.3 Å². The molecule has 1 aliphatic rings. The van der Waals surface area contributed by atoms with Gasteiger partial charge in [-0.2, -0.15) is 0 Å². The van der Waals surface area contributed by atoms with Crippen LogP contribution in [0.1, 0.15) is 19.3 Å². The summed E-state index contributed by atoms with van der Waals surface area (Å²) in [6.45, 7) is 2.26. The van der Waals surface area contributed by atoms with Crippen LogP contribution in [0.4, 0.5) is 22.7 Å². The average molecular weight is 365 g/mol. The standard InChI is InChI=1S/C21H27N5O/c1-24(2)20-14-16(8-10-19(20)26-11-5-4-6-12-26)22-15-7-9-17-18(13-15)23-25(3)21(17)27/h7-10,13-14,22-23H,4-6,11-12H2,1-3H3. The molecule has 0 amide bonds. The lowest BCUT2D eigenvalue weighted by atomic mass is 10.1. The number of aromatic amines is 1. The van der Waals surface area contributed by atoms with Crippen LogP contribution in [0.2, 0.25) is 0 Å². The average Bonchev–Trinajstić information content (AvgIpc) is 2.96. The number of aryl methyl sites for hydroxylation is 1. The first kappa shape index (κ1) is 17.5. The monoisotopic (exact) mass is 365 g/mol. The first-order chi connectivity index (χ1) is 13.0. The quantitative estimate of drug-likeness (QED) is 0.741. The normalized spacial score (nSPS) is 14.6. The second-order valence-corrected chi connectivity index (χ2v) is 7.51. The maximum atomic E-state index is 12.0. The van der Waals surface area contributed by atoms with Crippen LogP contribution in [0.25, 0.3) is 10.9 Å². The molecule has 0 radical (unpaired) electrons. The predicted octanol–water partition coefficient (Wildman–Crippen LogP) is 3.67. The second-order valence-electron chi connectivity index (χ2n) is 7.51. The third kappa shape index (κ3) is 3.39. The van der Waals surface area contributed by atoms with Gasteiger partial charge in [0.25, 0.3) is 5.56 Å². The zero-order valence-electron chi connectivity index (χ0n) is 16.2. The van der Waals surface area contributed by atoms with Crippen LogP contribution in [-0.4, -0.2) is 37.0 Å². The van der Waals surface area contributed by atoms with Crippen molar-refractivity contribution >= 4 is 33.7 Å². The molecule has 0 unspecified atom stereocenters. The number of hydrogen-bond donors (Lipinski definition) is 2. The number of H-pyrrole nitrogens is 1. The Bertz CT molecular complexity index is 1010. The summed E-state index contributed by atoms with van der Waals surface area (Å²) in [6.07, 6.45) is 3.86. The smallest absolute Gasteiger partial charge is 0.274 e. The third-order valence-corrected chi connectivity index (χ3v) is 5.29. The molecule has 142 valence electrons. The van der Waals surface area contributed by atoms with E-state index in [1.54, 1.807) is 7.05 Å². The largest absolute Gasteiger partial charge is 0.376 e. The highest BCUT2D eigenvalue weighted by atomic mass is 16.1. The number of hydrogen-bond acceptors (Lipinski definition) is 4. The number of fused-ring (bicyclic) bond motifs is 1. The Kier molecular flexibility index (Phi) is 4.56. The molecular weight excluding hydrogens is 338 g/mol. The molecule has 4 rings (SSSR count). The van der Waals surface area contributed by atoms with E-state index in [1.165, 1.54) is 35.3 Å². The van der Waals surface area contributed by atoms with Crippen molar-refractivity contribution < 1.29 is 0 Å². The minimum absolute atomic E-state index is 0.00247. The molecule has 2 N–H and O–H groups in total. The molecule has 27 heavy (non-hydrogen) atoms. The molecule has 6 heteroatoms. The van der Waals surface area contributed by atoms with E-state index in [0.29, 0.717) is 5.39 Å². The van der Waals surface area contributed by atoms with Gasteiger partial charge in [0.2, 0.25) is 0 Å². The van der Waals surface area contributed by atoms with Gasteiger partial charge in [0.15, 0.2) is 0 Å². The molecule has 0 saturated carbocycles. The Morgan fingerprint density at radius 1 is 1.00 bits per heavy atom. The van der Waals surface area contributed by atoms with Crippen LogP contribution >= 0.6 is 0 Å². The number of rotatable bonds is 4. The van der Waals surface area contributed by atoms with E-state index in [2.05, 4.69) is 52.5 Å². The predicted molar refractivity (Wildman–Crippen MR) is 114 cm³/mol. The van der Waals surface area contributed by atoms with Gasteiger partial charge in [0, 0.05) is 45.6 Å². The fourth-order valence-electron chi connectivity index (χ4n) is 3.84. The van der Waals surface area contributed by atoms with Gasteiger partial charge in [-0.05, 0) is 55.7 Å². The molecule has 0 spiro atoms. The van der Waals surface area contributed by atoms with E-state index in [9.17, 15) is 4.79 Å². The van der Waals surface area contributed by atoms with Crippen molar-refractivity contribution in [1.82, 2.24) is 9.78 Å². The van der Waals surface area contributed by atoms with Crippen LogP contribution < -0.4 is 20.7 Å². The van der Waals surface area contributed by atoms with Crippen LogP contribution in [0, 0.1) is 0 Å². The summed E-state index contributed by atoms with van der Waals surface area (Å²) in [7, 11) is 5.92. The van der Waals surface area contributed by atoms with Gasteiger partial charge in [0.1, 0.15) is 0 Å². The molecule has 1 fully saturated rings. The molecule has 0 bridgehead atoms. The van der Waals surface area contributed by atoms with E-state index in [-0.39, 0.29) is 5.56 Å². The molecule has 6 nitrogen and oxygen atoms in total. The topological polar surface area (TPSA) is 56.3 Å². The van der Waals surface area contributed by atoms with E-state index in [1.807, 2.05) is 18.2 Å². The number of anilines is 4. The maximum Gasteiger partial charge on any atom is 0.274 e. The Morgan fingerprint density at radius 3 is 2.44 bits per heavy atom. The van der Waals surface area contributed by atoms with Gasteiger partial charge in [-0.25, -0.2) is 0 Å². The highest BCUT2D eigenvalue weighted by Gasteiger charge is 2.16. The number of piperidine rings is 1. The lowest BCUT2D eigenvalue weighted by molar-refractivity contribution is 0.578. The van der Waals surface area contributed by atoms with Gasteiger partial charge in [-0.15, -0.1) is 0 Å². The zero-order chi connectivity index (χ0) is 19.0. The highest BCUT2D eigenvalue weighted by molar-refractivity contribution is 5.84. The van der Waals surface area contributed by atoms with Crippen molar-refractivity contribution in [2.24, 2.45) is 7.05 Å². The summed E-state index contributed by atoms with van der Waals surface area (Å²) in [5.74, 6) is 0. The van der Waals surface area contributed by atoms with Gasteiger partial charge in [-0.1, -0.05) is 0 Å². The molecule has 0 atom stereocenters. The Labute approximate surface area is 159 Å². The van der Waals surface area contributed by atoms with Gasteiger partial charge < -0.3 is 15.1 Å². The summed E-state index contributed by atoms with van der Waals surface area (Å²) in [5.41, 5.74) is 5.35. The maximum absolute atomic E-state index is 12.0. The lowest BCUT2D eigenvalue weighted by Gasteiger charge is -2.32. The minimum atomic E-state index is -0.00247. The fourth-order valence-corrected chi connectivity index (χ4v) is 3.84. The summed E-state index contributed by atoms with van der Waals surface area (Å²) >= 11 is 0. The molecule has 1 aromatic heterocycles. The van der Waals surface area contributed by atoms with Crippen LogP contribution in [0.15, 0.2) is 41.2 Å². The summed E-state index contributed by atoms with van der Waals surface area (Å²) < 4.78 is 1.51. The zero-order valence-corrected chi connectivity index (χ0v) is 16.2. The molecule has 0 aliphatic carbocycles. The Morgan fingerprint density at radius 2 is 1.70 bits per heavy atom. The van der Waals surface area contributed by atoms with Crippen LogP contribution in [0.3, 0.4) is 0 Å². The number of aromatic nitrogens is 2. The Balaban J connectivity index is 1.64. The van der Waals surface area contributed by atoms with Crippen molar-refractivity contribution in [3.63, 3.8) is 0 Å². The van der Waals surface area contributed by atoms with Gasteiger partial charge in [-0.3, -0.25) is 14.6 Å². The Hall–Kier alpha value is -2.89. The summed E-state index contributed by atoms with van der Waals surface area (Å²) in [6, 6.07) is 12.3. The van der Waals surface area contributed by atoms with Crippen molar-refractivity contribution in [3.05, 3.63) is 46.8 Å². The molecule has 2 heterocycles. The van der Waals surface area contributed by atoms with Crippen LogP contribution in [0.5, 0.6) is 0 Å². The molecule has 1 saturated heterocycles. The SMILES string of the molecule is CN(C)c1cc(Nc2ccc3c(=O)n(C)[nH]c3c2)ccc1N1CCCCC1. The first-order valence-electron chi connectivity index (χ1n) is 9.55. The lowest BCUT2D eigenvalue weighted by Crippen LogP contribution is -2.30. The molecule has 3 aromatic rings. The third-order valence-electron chi connectivity index (χ3n) is 5.29. The minimum Gasteiger partial charge on any atom is -0.376 e. The number of nitrogens with one attached hydrogen (secondary N) is 2. The highest BCUT2D eigenvalue weighted by Crippen LogP contribution is 2.34. The number of benzene rings is 2. The van der Waals surface area contributed by atoms with E-state index < -0.39 is 0 Å². The van der Waals surface area contributed by atoms with Gasteiger partial charge in [0.05, 0.1) is 22.3 Å². The molecular formula is C21H27N5O. The first-order valence-corrected chi connectivity index (χ1v) is 9.55. The van der Waals surface area contributed by atoms with E-state index in [4.69, 9.17) is 0 Å². The van der Waals surface area contributed by atoms with Crippen molar-refractivity contribution in [1.29, 1.82) is 0 Å². The van der Waals surface area contributed by atoms with E-state index >= 15 is 0 Å². The van der Waals surface area contributed by atoms with Crippen molar-refractivity contribution in [2.75, 3.05) is 42.3 Å².